The van der Waals surface area contributed by atoms with Crippen LogP contribution in [0.1, 0.15) is 94.2 Å². The third-order valence-corrected chi connectivity index (χ3v) is 23.8. The van der Waals surface area contributed by atoms with Gasteiger partial charge in [0.1, 0.15) is 0 Å². The van der Waals surface area contributed by atoms with E-state index in [1.165, 1.54) is 11.1 Å². The van der Waals surface area contributed by atoms with Crippen molar-refractivity contribution in [2.45, 2.75) is 116 Å². The van der Waals surface area contributed by atoms with E-state index in [0.29, 0.717) is 0 Å². The van der Waals surface area contributed by atoms with Crippen LogP contribution in [0, 0.1) is 0 Å². The second-order valence-corrected chi connectivity index (χ2v) is 24.9. The molecule has 1 aromatic carbocycles. The van der Waals surface area contributed by atoms with Gasteiger partial charge in [-0.2, -0.15) is 0 Å². The average Bonchev–Trinajstić information content (AvgIpc) is 2.44. The summed E-state index contributed by atoms with van der Waals surface area (Å²) in [6, 6.07) is 5.66. The van der Waals surface area contributed by atoms with Gasteiger partial charge in [0.15, 0.2) is 0 Å². The molecule has 0 atom stereocenters. The standard InChI is InChI=1S/C24H44P2S2/c1-21(2,3)25(27,22(4,5)6)17-19-15-13-14-16-20(19)18-26(28,23(7,8)9)24(10,11)12/h13-16H,17-18H2,1-12H3. The Morgan fingerprint density at radius 2 is 0.750 bits per heavy atom. The van der Waals surface area contributed by atoms with E-state index in [2.05, 4.69) is 107 Å². The van der Waals surface area contributed by atoms with Crippen molar-refractivity contribution in [3.63, 3.8) is 0 Å². The predicted molar refractivity (Wildman–Crippen MR) is 141 cm³/mol. The molecule has 0 aliphatic carbocycles. The van der Waals surface area contributed by atoms with Crippen LogP contribution in [0.15, 0.2) is 24.3 Å². The van der Waals surface area contributed by atoms with Gasteiger partial charge in [-0.15, -0.1) is 0 Å². The first-order chi connectivity index (χ1) is 12.2. The maximum absolute atomic E-state index is 6.50. The van der Waals surface area contributed by atoms with Crippen molar-refractivity contribution in [3.8, 4) is 0 Å². The summed E-state index contributed by atoms with van der Waals surface area (Å²) in [5, 5.41) is 0.563. The smallest absolute Gasteiger partial charge is 0.00298 e. The topological polar surface area (TPSA) is 0 Å². The Balaban J connectivity index is 3.55. The van der Waals surface area contributed by atoms with Gasteiger partial charge in [-0.25, -0.2) is 0 Å². The van der Waals surface area contributed by atoms with Crippen LogP contribution >= 0.6 is 12.1 Å². The van der Waals surface area contributed by atoms with Crippen LogP contribution in [0.25, 0.3) is 0 Å². The molecule has 0 heterocycles. The summed E-state index contributed by atoms with van der Waals surface area (Å²) in [5.74, 6) is 0. The molecule has 0 amide bonds. The quantitative estimate of drug-likeness (QED) is 0.413. The van der Waals surface area contributed by atoms with Crippen LogP contribution in [0.4, 0.5) is 0 Å². The second kappa shape index (κ2) is 8.22. The van der Waals surface area contributed by atoms with Crippen LogP contribution in [-0.2, 0) is 35.9 Å². The number of rotatable bonds is 4. The van der Waals surface area contributed by atoms with E-state index in [1.807, 2.05) is 0 Å². The molecule has 28 heavy (non-hydrogen) atoms. The van der Waals surface area contributed by atoms with Crippen LogP contribution in [0.3, 0.4) is 0 Å². The molecule has 0 fully saturated rings. The van der Waals surface area contributed by atoms with Crippen LogP contribution in [0.2, 0.25) is 0 Å². The Hall–Kier alpha value is 0.520. The minimum Gasteiger partial charge on any atom is -0.0961 e. The number of benzene rings is 1. The van der Waals surface area contributed by atoms with Gasteiger partial charge >= 0.3 is 0 Å². The van der Waals surface area contributed by atoms with E-state index in [1.54, 1.807) is 0 Å². The molecule has 0 aliphatic heterocycles. The van der Waals surface area contributed by atoms with Crippen molar-refractivity contribution in [2.75, 3.05) is 0 Å². The van der Waals surface area contributed by atoms with Crippen LogP contribution in [-0.4, -0.2) is 20.6 Å². The fraction of sp³-hybridized carbons (Fsp3) is 0.750. The van der Waals surface area contributed by atoms with Crippen molar-refractivity contribution in [1.29, 1.82) is 0 Å². The Morgan fingerprint density at radius 1 is 0.536 bits per heavy atom. The van der Waals surface area contributed by atoms with Gasteiger partial charge in [0.25, 0.3) is 0 Å². The lowest BCUT2D eigenvalue weighted by Crippen LogP contribution is -2.31. The zero-order valence-corrected chi connectivity index (χ0v) is 23.9. The van der Waals surface area contributed by atoms with E-state index >= 15 is 0 Å². The van der Waals surface area contributed by atoms with Gasteiger partial charge in [0, 0.05) is 12.3 Å². The minimum absolute atomic E-state index is 0.141. The van der Waals surface area contributed by atoms with Crippen molar-refractivity contribution < 1.29 is 0 Å². The van der Waals surface area contributed by atoms with Gasteiger partial charge in [0.05, 0.1) is 0 Å². The molecule has 0 nitrogen and oxygen atoms in total. The molecule has 0 N–H and O–H groups in total. The fourth-order valence-electron chi connectivity index (χ4n) is 4.31. The molecule has 162 valence electrons. The molecule has 4 heteroatoms. The predicted octanol–water partition coefficient (Wildman–Crippen LogP) is 8.84. The molecule has 0 unspecified atom stereocenters. The highest BCUT2D eigenvalue weighted by Gasteiger charge is 2.44. The van der Waals surface area contributed by atoms with Crippen LogP contribution in [0.5, 0.6) is 0 Å². The molecule has 0 saturated heterocycles. The summed E-state index contributed by atoms with van der Waals surface area (Å²) in [7, 11) is 0. The van der Waals surface area contributed by atoms with Crippen molar-refractivity contribution in [3.05, 3.63) is 35.4 Å². The van der Waals surface area contributed by atoms with Crippen molar-refractivity contribution in [1.82, 2.24) is 0 Å². The third-order valence-electron chi connectivity index (χ3n) is 6.24. The average molecular weight is 459 g/mol. The maximum Gasteiger partial charge on any atom is 0.00298 e. The monoisotopic (exact) mass is 458 g/mol. The first kappa shape index (κ1) is 26.6. The van der Waals surface area contributed by atoms with Gasteiger partial charge < -0.3 is 0 Å². The summed E-state index contributed by atoms with van der Waals surface area (Å²) >= 11 is 13.0. The minimum atomic E-state index is -1.67. The molecule has 0 saturated carbocycles. The lowest BCUT2D eigenvalue weighted by atomic mass is 10.1. The van der Waals surface area contributed by atoms with Gasteiger partial charge in [-0.1, -0.05) is 131 Å². The molecular formula is C24H44P2S2. The van der Waals surface area contributed by atoms with E-state index in [9.17, 15) is 0 Å². The first-order valence-corrected chi connectivity index (χ1v) is 16.4. The van der Waals surface area contributed by atoms with Gasteiger partial charge in [-0.05, 0) is 43.8 Å². The second-order valence-electron chi connectivity index (χ2n) is 12.2. The SMILES string of the molecule is CC(C)(C)P(=S)(Cc1ccccc1CP(=S)(C(C)(C)C)C(C)(C)C)C(C)(C)C. The first-order valence-electron chi connectivity index (χ1n) is 10.4. The Morgan fingerprint density at radius 3 is 0.929 bits per heavy atom. The largest absolute Gasteiger partial charge is 0.0961 e. The Kier molecular flexibility index (Phi) is 7.80. The normalized spacial score (nSPS) is 15.0. The summed E-state index contributed by atoms with van der Waals surface area (Å²) in [6.45, 7) is 28.1. The van der Waals surface area contributed by atoms with Crippen molar-refractivity contribution >= 4 is 35.7 Å². The highest BCUT2D eigenvalue weighted by Crippen LogP contribution is 2.71. The zero-order valence-electron chi connectivity index (χ0n) is 20.4. The summed E-state index contributed by atoms with van der Waals surface area (Å²) in [6.07, 6.45) is 2.05. The summed E-state index contributed by atoms with van der Waals surface area (Å²) in [4.78, 5) is 0. The molecule has 0 spiro atoms. The summed E-state index contributed by atoms with van der Waals surface area (Å²) < 4.78 is 0. The third kappa shape index (κ3) is 5.22. The van der Waals surface area contributed by atoms with Gasteiger partial charge in [0.2, 0.25) is 0 Å². The lowest BCUT2D eigenvalue weighted by molar-refractivity contribution is 0.697. The van der Waals surface area contributed by atoms with Crippen molar-refractivity contribution in [2.24, 2.45) is 0 Å². The van der Waals surface area contributed by atoms with Gasteiger partial charge in [-0.3, -0.25) is 0 Å². The highest BCUT2D eigenvalue weighted by molar-refractivity contribution is 8.16. The Labute approximate surface area is 186 Å². The molecule has 0 aliphatic rings. The zero-order chi connectivity index (χ0) is 22.4. The maximum atomic E-state index is 6.50. The Bertz CT molecular complexity index is 676. The van der Waals surface area contributed by atoms with E-state index < -0.39 is 12.1 Å². The van der Waals surface area contributed by atoms with E-state index in [4.69, 9.17) is 23.6 Å². The molecular weight excluding hydrogens is 414 g/mol. The molecule has 1 aromatic rings. The molecule has 0 bridgehead atoms. The van der Waals surface area contributed by atoms with Crippen LogP contribution < -0.4 is 0 Å². The lowest BCUT2D eigenvalue weighted by Gasteiger charge is -2.47. The molecule has 1 rings (SSSR count). The molecule has 0 radical (unpaired) electrons. The number of hydrogen-bond donors (Lipinski definition) is 0. The fourth-order valence-corrected chi connectivity index (χ4v) is 12.6. The summed E-state index contributed by atoms with van der Waals surface area (Å²) in [5.41, 5.74) is 2.89. The van der Waals surface area contributed by atoms with E-state index in [0.717, 1.165) is 12.3 Å². The molecule has 0 aromatic heterocycles. The highest BCUT2D eigenvalue weighted by atomic mass is 32.4. The van der Waals surface area contributed by atoms with E-state index in [-0.39, 0.29) is 20.6 Å². The number of hydrogen-bond acceptors (Lipinski definition) is 2.